The summed E-state index contributed by atoms with van der Waals surface area (Å²) in [6.45, 7) is 3.90. The molecule has 0 radical (unpaired) electrons. The van der Waals surface area contributed by atoms with Crippen molar-refractivity contribution in [2.24, 2.45) is 5.92 Å². The Morgan fingerprint density at radius 3 is 2.53 bits per heavy atom. The molecule has 1 N–H and O–H groups in total. The van der Waals surface area contributed by atoms with E-state index >= 15 is 0 Å². The highest BCUT2D eigenvalue weighted by atomic mass is 16.4. The van der Waals surface area contributed by atoms with Crippen molar-refractivity contribution in [2.75, 3.05) is 0 Å². The highest BCUT2D eigenvalue weighted by Crippen LogP contribution is 2.42. The van der Waals surface area contributed by atoms with Crippen LogP contribution in [0.25, 0.3) is 0 Å². The minimum atomic E-state index is -0.706. The van der Waals surface area contributed by atoms with E-state index in [4.69, 9.17) is 5.11 Å². The first-order chi connectivity index (χ1) is 7.18. The Balaban J connectivity index is 2.28. The second-order valence-corrected chi connectivity index (χ2v) is 4.12. The summed E-state index contributed by atoms with van der Waals surface area (Å²) in [7, 11) is 0. The molecule has 2 rings (SSSR count). The fraction of sp³-hybridized carbons (Fsp3) is 0.308. The molecule has 1 aromatic rings. The summed E-state index contributed by atoms with van der Waals surface area (Å²) in [6.07, 6.45) is 1.43. The van der Waals surface area contributed by atoms with Gasteiger partial charge in [-0.25, -0.2) is 0 Å². The van der Waals surface area contributed by atoms with Crippen molar-refractivity contribution >= 4 is 5.97 Å². The second kappa shape index (κ2) is 3.89. The zero-order valence-corrected chi connectivity index (χ0v) is 8.52. The van der Waals surface area contributed by atoms with Crippen LogP contribution in [-0.4, -0.2) is 11.1 Å². The highest BCUT2D eigenvalue weighted by Gasteiger charge is 2.35. The van der Waals surface area contributed by atoms with Gasteiger partial charge in [-0.15, -0.1) is 0 Å². The van der Waals surface area contributed by atoms with E-state index in [9.17, 15) is 4.79 Å². The number of hydrogen-bond donors (Lipinski definition) is 1. The number of rotatable bonds is 2. The van der Waals surface area contributed by atoms with Gasteiger partial charge >= 0.3 is 5.97 Å². The maximum absolute atomic E-state index is 11.1. The van der Waals surface area contributed by atoms with Crippen LogP contribution in [0, 0.1) is 5.92 Å². The van der Waals surface area contributed by atoms with Gasteiger partial charge in [0.15, 0.2) is 0 Å². The first-order valence-corrected chi connectivity index (χ1v) is 5.13. The summed E-state index contributed by atoms with van der Waals surface area (Å²) in [5, 5.41) is 9.12. The van der Waals surface area contributed by atoms with Crippen LogP contribution >= 0.6 is 0 Å². The van der Waals surface area contributed by atoms with E-state index in [1.807, 2.05) is 30.3 Å². The lowest BCUT2D eigenvalue weighted by Crippen LogP contribution is -2.16. The van der Waals surface area contributed by atoms with Crippen LogP contribution in [0.5, 0.6) is 0 Å². The molecule has 2 nitrogen and oxygen atoms in total. The number of carboxylic acid groups (broad SMARTS) is 1. The second-order valence-electron chi connectivity index (χ2n) is 4.12. The van der Waals surface area contributed by atoms with E-state index in [1.165, 1.54) is 0 Å². The summed E-state index contributed by atoms with van der Waals surface area (Å²) in [5.41, 5.74) is 2.17. The van der Waals surface area contributed by atoms with Crippen molar-refractivity contribution in [3.05, 3.63) is 48.0 Å². The van der Waals surface area contributed by atoms with Crippen LogP contribution in [0.2, 0.25) is 0 Å². The van der Waals surface area contributed by atoms with Crippen LogP contribution < -0.4 is 0 Å². The maximum atomic E-state index is 11.1. The molecule has 0 bridgehead atoms. The molecule has 1 aliphatic rings. The molecule has 0 spiro atoms. The van der Waals surface area contributed by atoms with E-state index in [0.29, 0.717) is 6.42 Å². The summed E-state index contributed by atoms with van der Waals surface area (Å²) < 4.78 is 0. The van der Waals surface area contributed by atoms with Crippen molar-refractivity contribution in [1.29, 1.82) is 0 Å². The molecule has 1 unspecified atom stereocenters. The van der Waals surface area contributed by atoms with Gasteiger partial charge in [-0.05, 0) is 18.4 Å². The predicted molar refractivity (Wildman–Crippen MR) is 58.7 cm³/mol. The fourth-order valence-electron chi connectivity index (χ4n) is 2.30. The van der Waals surface area contributed by atoms with E-state index in [2.05, 4.69) is 6.58 Å². The minimum Gasteiger partial charge on any atom is -0.481 e. The molecule has 0 amide bonds. The predicted octanol–water partition coefficient (Wildman–Crippen LogP) is 2.82. The fourth-order valence-corrected chi connectivity index (χ4v) is 2.30. The number of allylic oxidation sites excluding steroid dienone is 1. The van der Waals surface area contributed by atoms with Gasteiger partial charge in [0.05, 0.1) is 5.92 Å². The minimum absolute atomic E-state index is 0.108. The van der Waals surface area contributed by atoms with Gasteiger partial charge in [0, 0.05) is 5.92 Å². The van der Waals surface area contributed by atoms with Crippen LogP contribution in [0.1, 0.15) is 24.3 Å². The molecule has 1 saturated carbocycles. The molecule has 1 fully saturated rings. The monoisotopic (exact) mass is 202 g/mol. The number of aliphatic carboxylic acids is 1. The van der Waals surface area contributed by atoms with Gasteiger partial charge in [0.25, 0.3) is 0 Å². The van der Waals surface area contributed by atoms with Crippen LogP contribution in [-0.2, 0) is 4.79 Å². The topological polar surface area (TPSA) is 37.3 Å². The van der Waals surface area contributed by atoms with E-state index in [1.54, 1.807) is 0 Å². The molecule has 1 aliphatic carbocycles. The Labute approximate surface area is 89.2 Å². The van der Waals surface area contributed by atoms with E-state index < -0.39 is 5.97 Å². The average molecular weight is 202 g/mol. The smallest absolute Gasteiger partial charge is 0.307 e. The number of carbonyl (C=O) groups is 1. The lowest BCUT2D eigenvalue weighted by molar-refractivity contribution is -0.141. The molecule has 0 saturated heterocycles. The Bertz CT molecular complexity index is 381. The molecule has 15 heavy (non-hydrogen) atoms. The van der Waals surface area contributed by atoms with Gasteiger partial charge in [-0.1, -0.05) is 42.5 Å². The van der Waals surface area contributed by atoms with Gasteiger partial charge in [-0.2, -0.15) is 0 Å². The Morgan fingerprint density at radius 1 is 1.27 bits per heavy atom. The zero-order valence-electron chi connectivity index (χ0n) is 8.52. The quantitative estimate of drug-likeness (QED) is 0.749. The van der Waals surface area contributed by atoms with E-state index in [0.717, 1.165) is 17.6 Å². The first kappa shape index (κ1) is 9.97. The van der Waals surface area contributed by atoms with Crippen molar-refractivity contribution in [3.8, 4) is 0 Å². The third kappa shape index (κ3) is 1.94. The van der Waals surface area contributed by atoms with Crippen molar-refractivity contribution < 1.29 is 9.90 Å². The zero-order chi connectivity index (χ0) is 10.8. The number of hydrogen-bond acceptors (Lipinski definition) is 1. The third-order valence-electron chi connectivity index (χ3n) is 3.05. The van der Waals surface area contributed by atoms with Crippen LogP contribution in [0.4, 0.5) is 0 Å². The lowest BCUT2D eigenvalue weighted by atomic mass is 9.89. The van der Waals surface area contributed by atoms with Gasteiger partial charge in [-0.3, -0.25) is 4.79 Å². The first-order valence-electron chi connectivity index (χ1n) is 5.13. The van der Waals surface area contributed by atoms with Crippen molar-refractivity contribution in [1.82, 2.24) is 0 Å². The largest absolute Gasteiger partial charge is 0.481 e. The Kier molecular flexibility index (Phi) is 2.58. The standard InChI is InChI=1S/C13H14O2/c1-9-7-11(12(8-9)13(14)15)10-5-3-2-4-6-10/h2-6,11-12H,1,7-8H2,(H,14,15)/t11?,12-/m0/s1. The number of carboxylic acids is 1. The molecule has 0 aromatic heterocycles. The normalized spacial score (nSPS) is 25.5. The summed E-state index contributed by atoms with van der Waals surface area (Å²) in [5.74, 6) is -0.890. The molecule has 2 heteroatoms. The molecular formula is C13H14O2. The van der Waals surface area contributed by atoms with Crippen LogP contribution in [0.3, 0.4) is 0 Å². The van der Waals surface area contributed by atoms with Gasteiger partial charge in [0.2, 0.25) is 0 Å². The van der Waals surface area contributed by atoms with Crippen molar-refractivity contribution in [2.45, 2.75) is 18.8 Å². The summed E-state index contributed by atoms with van der Waals surface area (Å²) in [6, 6.07) is 9.85. The van der Waals surface area contributed by atoms with Crippen molar-refractivity contribution in [3.63, 3.8) is 0 Å². The average Bonchev–Trinajstić information content (AvgIpc) is 2.62. The SMILES string of the molecule is C=C1CC(c2ccccc2)[C@@H](C(=O)O)C1. The maximum Gasteiger partial charge on any atom is 0.307 e. The molecule has 0 aliphatic heterocycles. The summed E-state index contributed by atoms with van der Waals surface area (Å²) >= 11 is 0. The van der Waals surface area contributed by atoms with Gasteiger partial charge < -0.3 is 5.11 Å². The van der Waals surface area contributed by atoms with E-state index in [-0.39, 0.29) is 11.8 Å². The number of benzene rings is 1. The highest BCUT2D eigenvalue weighted by molar-refractivity contribution is 5.72. The summed E-state index contributed by atoms with van der Waals surface area (Å²) in [4.78, 5) is 11.1. The molecule has 1 aromatic carbocycles. The Hall–Kier alpha value is -1.57. The molecule has 2 atom stereocenters. The molecule has 78 valence electrons. The lowest BCUT2D eigenvalue weighted by Gasteiger charge is -2.15. The molecular weight excluding hydrogens is 188 g/mol. The van der Waals surface area contributed by atoms with Gasteiger partial charge in [0.1, 0.15) is 0 Å². The molecule has 0 heterocycles. The van der Waals surface area contributed by atoms with Crippen LogP contribution in [0.15, 0.2) is 42.5 Å². The third-order valence-corrected chi connectivity index (χ3v) is 3.05. The Morgan fingerprint density at radius 2 is 1.93 bits per heavy atom.